The van der Waals surface area contributed by atoms with E-state index in [4.69, 9.17) is 9.84 Å². The lowest BCUT2D eigenvalue weighted by atomic mass is 9.91. The normalized spacial score (nSPS) is 18.0. The van der Waals surface area contributed by atoms with Gasteiger partial charge >= 0.3 is 0 Å². The second-order valence-corrected chi connectivity index (χ2v) is 10.9. The number of ether oxygens (including phenoxy) is 1. The van der Waals surface area contributed by atoms with Crippen molar-refractivity contribution in [2.24, 2.45) is 5.92 Å². The van der Waals surface area contributed by atoms with Crippen LogP contribution in [0.15, 0.2) is 96.9 Å². The number of aromatic nitrogens is 2. The molecule has 1 aromatic rings. The van der Waals surface area contributed by atoms with Crippen molar-refractivity contribution < 1.29 is 14.3 Å². The van der Waals surface area contributed by atoms with Gasteiger partial charge in [0, 0.05) is 30.6 Å². The van der Waals surface area contributed by atoms with Crippen LogP contribution in [0.25, 0.3) is 5.70 Å². The summed E-state index contributed by atoms with van der Waals surface area (Å²) in [5.41, 5.74) is 4.27. The zero-order valence-corrected chi connectivity index (χ0v) is 29.2. The Hall–Kier alpha value is -4.13. The van der Waals surface area contributed by atoms with Gasteiger partial charge in [-0.15, -0.1) is 6.58 Å². The lowest BCUT2D eigenvalue weighted by Gasteiger charge is -2.18. The van der Waals surface area contributed by atoms with Crippen LogP contribution in [-0.4, -0.2) is 35.2 Å². The molecule has 2 amide bonds. The van der Waals surface area contributed by atoms with Crippen LogP contribution in [0.2, 0.25) is 0 Å². The molecule has 1 heterocycles. The van der Waals surface area contributed by atoms with Crippen LogP contribution in [0.1, 0.15) is 105 Å². The predicted molar refractivity (Wildman–Crippen MR) is 195 cm³/mol. The summed E-state index contributed by atoms with van der Waals surface area (Å²) >= 11 is 0. The molecule has 1 aliphatic carbocycles. The molecule has 0 saturated heterocycles. The summed E-state index contributed by atoms with van der Waals surface area (Å²) in [6.07, 6.45) is 28.4. The summed E-state index contributed by atoms with van der Waals surface area (Å²) in [4.78, 5) is 23.8. The average molecular weight is 631 g/mol. The van der Waals surface area contributed by atoms with Crippen LogP contribution in [0.3, 0.4) is 0 Å². The second kappa shape index (κ2) is 24.1. The monoisotopic (exact) mass is 630 g/mol. The van der Waals surface area contributed by atoms with Crippen molar-refractivity contribution in [2.75, 3.05) is 18.5 Å². The topological polar surface area (TPSA) is 85.2 Å². The molecule has 2 N–H and O–H groups in total. The van der Waals surface area contributed by atoms with Crippen molar-refractivity contribution in [3.63, 3.8) is 0 Å². The van der Waals surface area contributed by atoms with Crippen LogP contribution < -0.4 is 10.6 Å². The van der Waals surface area contributed by atoms with Crippen LogP contribution in [0.4, 0.5) is 5.82 Å². The van der Waals surface area contributed by atoms with Crippen molar-refractivity contribution in [3.05, 3.63) is 103 Å². The van der Waals surface area contributed by atoms with Crippen molar-refractivity contribution in [2.45, 2.75) is 98.8 Å². The Morgan fingerprint density at radius 3 is 2.67 bits per heavy atom. The molecule has 2 unspecified atom stereocenters. The van der Waals surface area contributed by atoms with Gasteiger partial charge < -0.3 is 15.4 Å². The third-order valence-corrected chi connectivity index (χ3v) is 7.43. The Morgan fingerprint density at radius 1 is 1.24 bits per heavy atom. The van der Waals surface area contributed by atoms with Crippen LogP contribution in [0, 0.1) is 5.92 Å². The number of carbonyl (C=O) groups excluding carboxylic acids is 2. The standard InChI is InChI=1S/C37H52N4O3.C2H6/c1-7-12-20-31(18-9-3)27-44-34(11-5)23-16-19-29(6)41-35(33-22-15-13-14-21-30(24-33)17-8-2)25-36(40-41)39-37(43)32(10-4)26-38-28-42;1-2/h7,9,11-12,14,16,20-21,23-25,28,32-33H,3,6,8,10,13,15,17-19,22,26-27H2,1-2,4-5H3,(H,38,42)(H,39,40,43);1-2H3/b12-7-,21-14-,23-16-,30-24-,31-20+,34-11+;. The molecule has 0 radical (unpaired) electrons. The maximum atomic E-state index is 13.0. The first-order valence-corrected chi connectivity index (χ1v) is 16.9. The highest BCUT2D eigenvalue weighted by Crippen LogP contribution is 2.32. The van der Waals surface area contributed by atoms with E-state index in [0.717, 1.165) is 61.2 Å². The van der Waals surface area contributed by atoms with Gasteiger partial charge in [0.1, 0.15) is 12.4 Å². The van der Waals surface area contributed by atoms with Gasteiger partial charge in [-0.05, 0) is 70.1 Å². The number of hydrogen-bond donors (Lipinski definition) is 2. The molecule has 0 aliphatic heterocycles. The highest BCUT2D eigenvalue weighted by molar-refractivity contribution is 5.92. The molecule has 0 saturated carbocycles. The largest absolute Gasteiger partial charge is 0.490 e. The molecule has 1 aromatic heterocycles. The maximum absolute atomic E-state index is 13.0. The summed E-state index contributed by atoms with van der Waals surface area (Å²) < 4.78 is 7.95. The highest BCUT2D eigenvalue weighted by atomic mass is 16.5. The van der Waals surface area contributed by atoms with Crippen molar-refractivity contribution >= 4 is 23.8 Å². The number of allylic oxidation sites excluding steroid dienone is 12. The molecule has 0 spiro atoms. The minimum Gasteiger partial charge on any atom is -0.490 e. The predicted octanol–water partition coefficient (Wildman–Crippen LogP) is 9.59. The zero-order chi connectivity index (χ0) is 34.2. The number of nitrogens with zero attached hydrogens (tertiary/aromatic N) is 2. The van der Waals surface area contributed by atoms with Crippen LogP contribution in [-0.2, 0) is 14.3 Å². The van der Waals surface area contributed by atoms with Crippen molar-refractivity contribution in [1.82, 2.24) is 15.1 Å². The average Bonchev–Trinajstić information content (AvgIpc) is 3.47. The molecule has 46 heavy (non-hydrogen) atoms. The fourth-order valence-corrected chi connectivity index (χ4v) is 4.99. The molecule has 0 fully saturated rings. The lowest BCUT2D eigenvalue weighted by molar-refractivity contribution is -0.120. The first-order chi connectivity index (χ1) is 22.4. The molecule has 1 aliphatic rings. The molecule has 2 atom stereocenters. The number of rotatable bonds is 19. The second-order valence-electron chi connectivity index (χ2n) is 10.9. The van der Waals surface area contributed by atoms with Crippen molar-refractivity contribution in [3.8, 4) is 0 Å². The Balaban J connectivity index is 0.00000518. The third kappa shape index (κ3) is 14.3. The highest BCUT2D eigenvalue weighted by Gasteiger charge is 2.22. The van der Waals surface area contributed by atoms with E-state index in [1.165, 1.54) is 5.57 Å². The Morgan fingerprint density at radius 2 is 2.02 bits per heavy atom. The molecule has 7 heteroatoms. The van der Waals surface area contributed by atoms with Gasteiger partial charge in [-0.1, -0.05) is 94.9 Å². The van der Waals surface area contributed by atoms with E-state index in [2.05, 4.69) is 55.0 Å². The molecule has 0 aromatic carbocycles. The SMILES string of the molecule is C=CC/C(=C\C=C/C)COC(/C=C\CC(=C)n1nc(NC(=O)C(CC)CNC=O)cc1C1/C=C(CCC)\C=C/CCC1)=C/C.CC. The minimum atomic E-state index is -0.346. The Bertz CT molecular complexity index is 1280. The first-order valence-electron chi connectivity index (χ1n) is 16.9. The van der Waals surface area contributed by atoms with Gasteiger partial charge in [-0.3, -0.25) is 9.59 Å². The van der Waals surface area contributed by atoms with E-state index in [1.807, 2.05) is 81.8 Å². The summed E-state index contributed by atoms with van der Waals surface area (Å²) in [7, 11) is 0. The van der Waals surface area contributed by atoms with Crippen LogP contribution >= 0.6 is 0 Å². The molecular weight excluding hydrogens is 572 g/mol. The van der Waals surface area contributed by atoms with E-state index in [9.17, 15) is 9.59 Å². The number of hydrogen-bond acceptors (Lipinski definition) is 4. The first kappa shape index (κ1) is 39.9. The van der Waals surface area contributed by atoms with E-state index in [0.29, 0.717) is 31.7 Å². The number of nitrogens with one attached hydrogen (secondary N) is 2. The van der Waals surface area contributed by atoms with E-state index in [1.54, 1.807) is 0 Å². The van der Waals surface area contributed by atoms with Gasteiger partial charge in [-0.25, -0.2) is 4.68 Å². The fourth-order valence-electron chi connectivity index (χ4n) is 4.99. The number of amides is 2. The van der Waals surface area contributed by atoms with Gasteiger partial charge in [0.2, 0.25) is 12.3 Å². The lowest BCUT2D eigenvalue weighted by Crippen LogP contribution is -2.31. The minimum absolute atomic E-state index is 0.140. The summed E-state index contributed by atoms with van der Waals surface area (Å²) in [6, 6.07) is 1.97. The molecule has 7 nitrogen and oxygen atoms in total. The van der Waals surface area contributed by atoms with Gasteiger partial charge in [0.15, 0.2) is 5.82 Å². The van der Waals surface area contributed by atoms with Crippen molar-refractivity contribution in [1.29, 1.82) is 0 Å². The zero-order valence-electron chi connectivity index (χ0n) is 29.2. The Kier molecular flexibility index (Phi) is 20.9. The fraction of sp³-hybridized carbons (Fsp3) is 0.462. The summed E-state index contributed by atoms with van der Waals surface area (Å²) in [5.74, 6) is 0.890. The van der Waals surface area contributed by atoms with Gasteiger partial charge in [0.25, 0.3) is 0 Å². The number of carbonyl (C=O) groups is 2. The molecule has 2 rings (SSSR count). The molecule has 0 bridgehead atoms. The number of anilines is 1. The summed E-state index contributed by atoms with van der Waals surface area (Å²) in [6.45, 7) is 21.1. The Labute approximate surface area is 278 Å². The molecular formula is C39H58N4O3. The molecule has 252 valence electrons. The van der Waals surface area contributed by atoms with Gasteiger partial charge in [0.05, 0.1) is 11.6 Å². The van der Waals surface area contributed by atoms with Gasteiger partial charge in [-0.2, -0.15) is 5.10 Å². The van der Waals surface area contributed by atoms with Crippen LogP contribution in [0.5, 0.6) is 0 Å². The maximum Gasteiger partial charge on any atom is 0.230 e. The summed E-state index contributed by atoms with van der Waals surface area (Å²) in [5, 5.41) is 10.4. The van der Waals surface area contributed by atoms with E-state index in [-0.39, 0.29) is 24.3 Å². The third-order valence-electron chi connectivity index (χ3n) is 7.43. The quantitative estimate of drug-likeness (QED) is 0.0690. The van der Waals surface area contributed by atoms with E-state index < -0.39 is 0 Å². The smallest absolute Gasteiger partial charge is 0.230 e. The van der Waals surface area contributed by atoms with E-state index >= 15 is 0 Å².